The normalized spacial score (nSPS) is 9.65. The Morgan fingerprint density at radius 1 is 1.05 bits per heavy atom. The quantitative estimate of drug-likeness (QED) is 0.881. The Morgan fingerprint density at radius 3 is 2.45 bits per heavy atom. The molecule has 0 amide bonds. The van der Waals surface area contributed by atoms with Crippen LogP contribution in [0.2, 0.25) is 0 Å². The van der Waals surface area contributed by atoms with Crippen molar-refractivity contribution in [2.45, 2.75) is 0 Å². The number of nitriles is 1. The standard InChI is InChI=1S/C12H11N5O3/c1-18-9-5-7(6-13)3-4-8(9)20-12-16-10(14)15-11(17-12)19-2/h3-5H,1-2H3,(H2,14,15,16,17). The summed E-state index contributed by atoms with van der Waals surface area (Å²) in [5, 5.41) is 8.83. The number of benzene rings is 1. The minimum Gasteiger partial charge on any atom is -0.493 e. The molecule has 102 valence electrons. The number of methoxy groups -OCH3 is 2. The first-order valence-electron chi connectivity index (χ1n) is 5.47. The number of anilines is 1. The van der Waals surface area contributed by atoms with Gasteiger partial charge in [0.1, 0.15) is 0 Å². The van der Waals surface area contributed by atoms with Crippen LogP contribution < -0.4 is 19.9 Å². The van der Waals surface area contributed by atoms with Gasteiger partial charge >= 0.3 is 12.0 Å². The molecule has 0 unspecified atom stereocenters. The lowest BCUT2D eigenvalue weighted by molar-refractivity contribution is 0.346. The van der Waals surface area contributed by atoms with Gasteiger partial charge in [-0.1, -0.05) is 0 Å². The van der Waals surface area contributed by atoms with Gasteiger partial charge in [0.05, 0.1) is 25.9 Å². The van der Waals surface area contributed by atoms with Gasteiger partial charge in [0.2, 0.25) is 5.95 Å². The predicted octanol–water partition coefficient (Wildman–Crippen LogP) is 1.13. The van der Waals surface area contributed by atoms with Gasteiger partial charge in [0, 0.05) is 6.07 Å². The molecule has 0 atom stereocenters. The zero-order valence-electron chi connectivity index (χ0n) is 10.8. The molecule has 8 nitrogen and oxygen atoms in total. The Kier molecular flexibility index (Phi) is 3.81. The van der Waals surface area contributed by atoms with E-state index in [2.05, 4.69) is 15.0 Å². The fourth-order valence-corrected chi connectivity index (χ4v) is 1.41. The maximum absolute atomic E-state index is 8.83. The number of hydrogen-bond acceptors (Lipinski definition) is 8. The van der Waals surface area contributed by atoms with Crippen molar-refractivity contribution >= 4 is 5.95 Å². The second-order valence-electron chi connectivity index (χ2n) is 3.54. The molecule has 2 rings (SSSR count). The Labute approximate surface area is 114 Å². The summed E-state index contributed by atoms with van der Waals surface area (Å²) in [6, 6.07) is 6.71. The van der Waals surface area contributed by atoms with Crippen molar-refractivity contribution < 1.29 is 14.2 Å². The van der Waals surface area contributed by atoms with Gasteiger partial charge in [-0.25, -0.2) is 0 Å². The first-order valence-corrected chi connectivity index (χ1v) is 5.47. The number of rotatable bonds is 4. The van der Waals surface area contributed by atoms with Crippen molar-refractivity contribution in [2.75, 3.05) is 20.0 Å². The van der Waals surface area contributed by atoms with E-state index in [1.165, 1.54) is 20.3 Å². The Hall–Kier alpha value is -3.08. The van der Waals surface area contributed by atoms with Crippen LogP contribution >= 0.6 is 0 Å². The number of nitrogens with zero attached hydrogens (tertiary/aromatic N) is 4. The lowest BCUT2D eigenvalue weighted by Crippen LogP contribution is -2.03. The SMILES string of the molecule is COc1nc(N)nc(Oc2ccc(C#N)cc2OC)n1. The molecule has 2 N–H and O–H groups in total. The van der Waals surface area contributed by atoms with Gasteiger partial charge in [-0.2, -0.15) is 15.2 Å². The largest absolute Gasteiger partial charge is 0.493 e. The minimum atomic E-state index is -0.0302. The highest BCUT2D eigenvalue weighted by Crippen LogP contribution is 2.31. The molecule has 0 aliphatic carbocycles. The Bertz CT molecular complexity index is 669. The number of hydrogen-bond donors (Lipinski definition) is 1. The number of aromatic nitrogens is 3. The minimum absolute atomic E-state index is 0.0283. The molecule has 0 aliphatic heterocycles. The van der Waals surface area contributed by atoms with E-state index in [1.54, 1.807) is 12.1 Å². The van der Waals surface area contributed by atoms with Crippen LogP contribution in [0.5, 0.6) is 23.5 Å². The third kappa shape index (κ3) is 2.84. The monoisotopic (exact) mass is 273 g/mol. The fourth-order valence-electron chi connectivity index (χ4n) is 1.41. The topological polar surface area (TPSA) is 116 Å². The van der Waals surface area contributed by atoms with E-state index in [9.17, 15) is 0 Å². The zero-order chi connectivity index (χ0) is 14.5. The zero-order valence-corrected chi connectivity index (χ0v) is 10.8. The molecule has 0 bridgehead atoms. The van der Waals surface area contributed by atoms with Gasteiger partial charge in [-0.15, -0.1) is 4.98 Å². The van der Waals surface area contributed by atoms with Crippen molar-refractivity contribution in [1.29, 1.82) is 5.26 Å². The summed E-state index contributed by atoms with van der Waals surface area (Å²) in [5.41, 5.74) is 5.95. The predicted molar refractivity (Wildman–Crippen MR) is 68.6 cm³/mol. The molecule has 0 saturated heterocycles. The average molecular weight is 273 g/mol. The summed E-state index contributed by atoms with van der Waals surface area (Å²) >= 11 is 0. The van der Waals surface area contributed by atoms with Gasteiger partial charge < -0.3 is 19.9 Å². The van der Waals surface area contributed by atoms with Gasteiger partial charge in [0.15, 0.2) is 11.5 Å². The van der Waals surface area contributed by atoms with Crippen molar-refractivity contribution in [3.8, 4) is 29.6 Å². The highest BCUT2D eigenvalue weighted by molar-refractivity contribution is 5.47. The van der Waals surface area contributed by atoms with Crippen LogP contribution in [-0.4, -0.2) is 29.2 Å². The molecule has 1 heterocycles. The van der Waals surface area contributed by atoms with Crippen molar-refractivity contribution in [3.63, 3.8) is 0 Å². The lowest BCUT2D eigenvalue weighted by Gasteiger charge is -2.09. The van der Waals surface area contributed by atoms with E-state index in [1.807, 2.05) is 6.07 Å². The molecule has 1 aromatic carbocycles. The van der Waals surface area contributed by atoms with Crippen molar-refractivity contribution in [3.05, 3.63) is 23.8 Å². The molecule has 0 radical (unpaired) electrons. The maximum atomic E-state index is 8.83. The van der Waals surface area contributed by atoms with Crippen LogP contribution in [-0.2, 0) is 0 Å². The summed E-state index contributed by atoms with van der Waals surface area (Å²) in [4.78, 5) is 11.5. The van der Waals surface area contributed by atoms with E-state index >= 15 is 0 Å². The van der Waals surface area contributed by atoms with E-state index in [-0.39, 0.29) is 18.0 Å². The van der Waals surface area contributed by atoms with Crippen LogP contribution in [0.3, 0.4) is 0 Å². The number of ether oxygens (including phenoxy) is 3. The first-order chi connectivity index (χ1) is 9.66. The maximum Gasteiger partial charge on any atom is 0.330 e. The van der Waals surface area contributed by atoms with Crippen LogP contribution in [0.1, 0.15) is 5.56 Å². The molecule has 1 aromatic heterocycles. The summed E-state index contributed by atoms with van der Waals surface area (Å²) in [6.45, 7) is 0. The number of nitrogen functional groups attached to an aromatic ring is 1. The molecule has 20 heavy (non-hydrogen) atoms. The summed E-state index contributed by atoms with van der Waals surface area (Å²) in [5.74, 6) is 0.695. The molecule has 0 spiro atoms. The van der Waals surface area contributed by atoms with Crippen LogP contribution in [0.25, 0.3) is 0 Å². The van der Waals surface area contributed by atoms with Crippen molar-refractivity contribution in [1.82, 2.24) is 15.0 Å². The average Bonchev–Trinajstić information content (AvgIpc) is 2.47. The van der Waals surface area contributed by atoms with Crippen LogP contribution in [0.4, 0.5) is 5.95 Å². The van der Waals surface area contributed by atoms with Gasteiger partial charge in [-0.3, -0.25) is 0 Å². The fraction of sp³-hybridized carbons (Fsp3) is 0.167. The van der Waals surface area contributed by atoms with E-state index in [0.29, 0.717) is 17.1 Å². The molecule has 0 fully saturated rings. The smallest absolute Gasteiger partial charge is 0.330 e. The van der Waals surface area contributed by atoms with Crippen LogP contribution in [0, 0.1) is 11.3 Å². The summed E-state index contributed by atoms with van der Waals surface area (Å²) in [7, 11) is 2.87. The summed E-state index contributed by atoms with van der Waals surface area (Å²) < 4.78 is 15.5. The second-order valence-corrected chi connectivity index (χ2v) is 3.54. The Balaban J connectivity index is 2.34. The summed E-state index contributed by atoms with van der Waals surface area (Å²) in [6.07, 6.45) is 0. The molecular weight excluding hydrogens is 262 g/mol. The highest BCUT2D eigenvalue weighted by atomic mass is 16.5. The molecule has 8 heteroatoms. The third-order valence-electron chi connectivity index (χ3n) is 2.29. The first kappa shape index (κ1) is 13.4. The van der Waals surface area contributed by atoms with E-state index in [4.69, 9.17) is 25.2 Å². The van der Waals surface area contributed by atoms with Gasteiger partial charge in [-0.05, 0) is 12.1 Å². The highest BCUT2D eigenvalue weighted by Gasteiger charge is 2.11. The lowest BCUT2D eigenvalue weighted by atomic mass is 10.2. The molecule has 2 aromatic rings. The van der Waals surface area contributed by atoms with E-state index in [0.717, 1.165) is 0 Å². The van der Waals surface area contributed by atoms with Crippen LogP contribution in [0.15, 0.2) is 18.2 Å². The Morgan fingerprint density at radius 2 is 1.80 bits per heavy atom. The van der Waals surface area contributed by atoms with Gasteiger partial charge in [0.25, 0.3) is 0 Å². The molecular formula is C12H11N5O3. The molecule has 0 aliphatic rings. The number of nitrogens with two attached hydrogens (primary N) is 1. The van der Waals surface area contributed by atoms with Crippen molar-refractivity contribution in [2.24, 2.45) is 0 Å². The molecule has 0 saturated carbocycles. The second kappa shape index (κ2) is 5.71. The third-order valence-corrected chi connectivity index (χ3v) is 2.29. The van der Waals surface area contributed by atoms with E-state index < -0.39 is 0 Å².